The zero-order chi connectivity index (χ0) is 14.8. The number of nitrogens with one attached hydrogen (secondary N) is 1. The normalized spacial score (nSPS) is 12.7. The van der Waals surface area contributed by atoms with Crippen molar-refractivity contribution in [2.24, 2.45) is 7.05 Å². The fourth-order valence-electron chi connectivity index (χ4n) is 2.72. The summed E-state index contributed by atoms with van der Waals surface area (Å²) in [7, 11) is 3.96. The van der Waals surface area contributed by atoms with Crippen molar-refractivity contribution in [2.45, 2.75) is 19.4 Å². The molecule has 0 amide bonds. The van der Waals surface area contributed by atoms with Gasteiger partial charge in [-0.1, -0.05) is 25.1 Å². The molecule has 1 atom stereocenters. The topological polar surface area (TPSA) is 42.7 Å². The molecule has 3 aromatic rings. The Morgan fingerprint density at radius 2 is 2.05 bits per heavy atom. The van der Waals surface area contributed by atoms with Gasteiger partial charge in [-0.05, 0) is 37.2 Å². The van der Waals surface area contributed by atoms with Gasteiger partial charge in [-0.15, -0.1) is 0 Å². The van der Waals surface area contributed by atoms with Gasteiger partial charge in [0.1, 0.15) is 0 Å². The van der Waals surface area contributed by atoms with Crippen molar-refractivity contribution < 1.29 is 0 Å². The number of rotatable bonds is 4. The number of fused-ring (bicyclic) bond motifs is 1. The van der Waals surface area contributed by atoms with Crippen LogP contribution in [0.2, 0.25) is 0 Å². The number of para-hydroxylation sites is 1. The third kappa shape index (κ3) is 2.54. The highest BCUT2D eigenvalue weighted by molar-refractivity contribution is 5.78. The molecule has 1 aromatic carbocycles. The number of nitrogens with zero attached hydrogens (tertiary/aromatic N) is 3. The van der Waals surface area contributed by atoms with Crippen molar-refractivity contribution in [3.63, 3.8) is 0 Å². The molecule has 0 saturated carbocycles. The van der Waals surface area contributed by atoms with Gasteiger partial charge in [0, 0.05) is 18.6 Å². The number of aromatic nitrogens is 3. The van der Waals surface area contributed by atoms with Crippen LogP contribution in [0.1, 0.15) is 29.9 Å². The van der Waals surface area contributed by atoms with E-state index in [1.54, 1.807) is 0 Å². The van der Waals surface area contributed by atoms with Crippen LogP contribution in [0.25, 0.3) is 10.9 Å². The lowest BCUT2D eigenvalue weighted by molar-refractivity contribution is 0.603. The van der Waals surface area contributed by atoms with Crippen LogP contribution < -0.4 is 5.32 Å². The van der Waals surface area contributed by atoms with Crippen molar-refractivity contribution in [3.05, 3.63) is 59.5 Å². The molecule has 0 aliphatic rings. The Balaban J connectivity index is 2.06. The number of pyridine rings is 1. The first-order valence-corrected chi connectivity index (χ1v) is 7.27. The second-order valence-corrected chi connectivity index (χ2v) is 5.22. The molecule has 0 saturated heterocycles. The highest BCUT2D eigenvalue weighted by atomic mass is 15.3. The summed E-state index contributed by atoms with van der Waals surface area (Å²) in [5.41, 5.74) is 4.45. The van der Waals surface area contributed by atoms with Crippen LogP contribution in [-0.2, 0) is 13.5 Å². The van der Waals surface area contributed by atoms with E-state index in [4.69, 9.17) is 0 Å². The quantitative estimate of drug-likeness (QED) is 0.799. The van der Waals surface area contributed by atoms with E-state index in [9.17, 15) is 0 Å². The number of benzene rings is 1. The average Bonchev–Trinajstić information content (AvgIpc) is 2.89. The highest BCUT2D eigenvalue weighted by Gasteiger charge is 2.17. The van der Waals surface area contributed by atoms with E-state index < -0.39 is 0 Å². The molecule has 0 aliphatic heterocycles. The first-order chi connectivity index (χ1) is 10.2. The monoisotopic (exact) mass is 280 g/mol. The van der Waals surface area contributed by atoms with Crippen LogP contribution in [0.5, 0.6) is 0 Å². The van der Waals surface area contributed by atoms with Crippen LogP contribution in [-0.4, -0.2) is 21.8 Å². The van der Waals surface area contributed by atoms with Gasteiger partial charge in [0.25, 0.3) is 0 Å². The second kappa shape index (κ2) is 5.66. The van der Waals surface area contributed by atoms with Gasteiger partial charge < -0.3 is 5.32 Å². The van der Waals surface area contributed by atoms with Crippen molar-refractivity contribution in [1.29, 1.82) is 0 Å². The molecule has 0 spiro atoms. The molecule has 0 bridgehead atoms. The SMILES string of the molecule is CCc1cc(C(NC)c2cnc3ccccc3c2)n(C)n1. The molecule has 3 rings (SSSR count). The van der Waals surface area contributed by atoms with Gasteiger partial charge in [0.2, 0.25) is 0 Å². The molecule has 1 unspecified atom stereocenters. The standard InChI is InChI=1S/C17H20N4/c1-4-14-10-16(21(3)20-14)17(18-2)13-9-12-7-5-6-8-15(12)19-11-13/h5-11,17-18H,4H2,1-3H3. The third-order valence-corrected chi connectivity index (χ3v) is 3.86. The van der Waals surface area contributed by atoms with E-state index in [-0.39, 0.29) is 6.04 Å². The first kappa shape index (κ1) is 13.8. The molecular formula is C17H20N4. The fourth-order valence-corrected chi connectivity index (χ4v) is 2.72. The van der Waals surface area contributed by atoms with Crippen LogP contribution in [0.3, 0.4) is 0 Å². The maximum Gasteiger partial charge on any atom is 0.0761 e. The highest BCUT2D eigenvalue weighted by Crippen LogP contribution is 2.24. The Bertz CT molecular complexity index is 760. The smallest absolute Gasteiger partial charge is 0.0761 e. The lowest BCUT2D eigenvalue weighted by Crippen LogP contribution is -2.20. The summed E-state index contributed by atoms with van der Waals surface area (Å²) in [6.45, 7) is 2.12. The molecule has 0 fully saturated rings. The van der Waals surface area contributed by atoms with Crippen molar-refractivity contribution in [1.82, 2.24) is 20.1 Å². The van der Waals surface area contributed by atoms with Crippen LogP contribution in [0.15, 0.2) is 42.6 Å². The van der Waals surface area contributed by atoms with Gasteiger partial charge in [-0.25, -0.2) is 0 Å². The van der Waals surface area contributed by atoms with Gasteiger partial charge in [0.15, 0.2) is 0 Å². The van der Waals surface area contributed by atoms with Crippen molar-refractivity contribution >= 4 is 10.9 Å². The molecule has 2 aromatic heterocycles. The number of aryl methyl sites for hydroxylation is 2. The van der Waals surface area contributed by atoms with Gasteiger partial charge in [-0.2, -0.15) is 5.10 Å². The minimum atomic E-state index is 0.0971. The van der Waals surface area contributed by atoms with E-state index in [2.05, 4.69) is 40.5 Å². The first-order valence-electron chi connectivity index (χ1n) is 7.27. The summed E-state index contributed by atoms with van der Waals surface area (Å²) in [6.07, 6.45) is 2.89. The second-order valence-electron chi connectivity index (χ2n) is 5.22. The Morgan fingerprint density at radius 3 is 2.76 bits per heavy atom. The molecule has 0 radical (unpaired) electrons. The van der Waals surface area contributed by atoms with Crippen molar-refractivity contribution in [2.75, 3.05) is 7.05 Å². The maximum atomic E-state index is 4.56. The molecule has 2 heterocycles. The minimum Gasteiger partial charge on any atom is -0.308 e. The Morgan fingerprint density at radius 1 is 1.24 bits per heavy atom. The fraction of sp³-hybridized carbons (Fsp3) is 0.294. The van der Waals surface area contributed by atoms with E-state index >= 15 is 0 Å². The van der Waals surface area contributed by atoms with E-state index in [1.165, 1.54) is 0 Å². The molecule has 108 valence electrons. The summed E-state index contributed by atoms with van der Waals surface area (Å²) < 4.78 is 1.95. The lowest BCUT2D eigenvalue weighted by atomic mass is 10.0. The number of hydrogen-bond donors (Lipinski definition) is 1. The molecule has 4 nitrogen and oxygen atoms in total. The van der Waals surface area contributed by atoms with Gasteiger partial charge in [0.05, 0.1) is 22.9 Å². The lowest BCUT2D eigenvalue weighted by Gasteiger charge is -2.17. The molecule has 0 aliphatic carbocycles. The van der Waals surface area contributed by atoms with Crippen LogP contribution >= 0.6 is 0 Å². The summed E-state index contributed by atoms with van der Waals surface area (Å²) in [5, 5.41) is 9.08. The molecular weight excluding hydrogens is 260 g/mol. The maximum absolute atomic E-state index is 4.56. The summed E-state index contributed by atoms with van der Waals surface area (Å²) in [6, 6.07) is 12.6. The Labute approximate surface area is 124 Å². The van der Waals surface area contributed by atoms with E-state index in [1.807, 2.05) is 43.2 Å². The molecule has 4 heteroatoms. The van der Waals surface area contributed by atoms with E-state index in [0.29, 0.717) is 0 Å². The predicted octanol–water partition coefficient (Wildman–Crippen LogP) is 2.84. The average molecular weight is 280 g/mol. The third-order valence-electron chi connectivity index (χ3n) is 3.86. The summed E-state index contributed by atoms with van der Waals surface area (Å²) >= 11 is 0. The molecule has 1 N–H and O–H groups in total. The minimum absolute atomic E-state index is 0.0971. The number of hydrogen-bond acceptors (Lipinski definition) is 3. The van der Waals surface area contributed by atoms with Gasteiger partial charge >= 0.3 is 0 Å². The Kier molecular flexibility index (Phi) is 3.71. The summed E-state index contributed by atoms with van der Waals surface area (Å²) in [5.74, 6) is 0. The predicted molar refractivity (Wildman–Crippen MR) is 85.2 cm³/mol. The summed E-state index contributed by atoms with van der Waals surface area (Å²) in [4.78, 5) is 4.56. The van der Waals surface area contributed by atoms with Gasteiger partial charge in [-0.3, -0.25) is 9.67 Å². The largest absolute Gasteiger partial charge is 0.308 e. The zero-order valence-corrected chi connectivity index (χ0v) is 12.7. The zero-order valence-electron chi connectivity index (χ0n) is 12.7. The Hall–Kier alpha value is -2.20. The van der Waals surface area contributed by atoms with E-state index in [0.717, 1.165) is 34.3 Å². The van der Waals surface area contributed by atoms with Crippen LogP contribution in [0, 0.1) is 0 Å². The molecule has 21 heavy (non-hydrogen) atoms. The van der Waals surface area contributed by atoms with Crippen LogP contribution in [0.4, 0.5) is 0 Å². The van der Waals surface area contributed by atoms with Crippen molar-refractivity contribution in [3.8, 4) is 0 Å².